The maximum absolute atomic E-state index is 13.5. The van der Waals surface area contributed by atoms with Crippen molar-refractivity contribution in [3.8, 4) is 33.8 Å². The zero-order valence-corrected chi connectivity index (χ0v) is 16.8. The van der Waals surface area contributed by atoms with E-state index >= 15 is 0 Å². The number of H-pyrrole nitrogens is 2. The van der Waals surface area contributed by atoms with Crippen molar-refractivity contribution in [1.29, 1.82) is 0 Å². The highest BCUT2D eigenvalue weighted by Crippen LogP contribution is 2.36. The third kappa shape index (κ3) is 3.40. The molecule has 2 aromatic heterocycles. The highest BCUT2D eigenvalue weighted by atomic mass is 32.2. The molecule has 2 aromatic carbocycles. The first-order valence-corrected chi connectivity index (χ1v) is 10.4. The highest BCUT2D eigenvalue weighted by molar-refractivity contribution is 7.91. The summed E-state index contributed by atoms with van der Waals surface area (Å²) in [6, 6.07) is 14.6. The van der Waals surface area contributed by atoms with Crippen molar-refractivity contribution in [3.05, 3.63) is 73.3 Å². The van der Waals surface area contributed by atoms with Crippen LogP contribution in [0, 0.1) is 0 Å². The Balaban J connectivity index is 1.78. The van der Waals surface area contributed by atoms with Crippen LogP contribution in [0.15, 0.2) is 83.1 Å². The predicted molar refractivity (Wildman–Crippen MR) is 111 cm³/mol. The molecule has 0 fully saturated rings. The van der Waals surface area contributed by atoms with Gasteiger partial charge in [-0.2, -0.15) is 0 Å². The number of ether oxygens (including phenoxy) is 2. The van der Waals surface area contributed by atoms with Crippen LogP contribution in [-0.2, 0) is 9.84 Å². The second-order valence-corrected chi connectivity index (χ2v) is 8.31. The van der Waals surface area contributed by atoms with Gasteiger partial charge in [-0.15, -0.1) is 0 Å². The fraction of sp³-hybridized carbons (Fsp3) is 0.0909. The molecular formula is C22H20N2O4S. The lowest BCUT2D eigenvalue weighted by Crippen LogP contribution is -2.02. The molecule has 0 atom stereocenters. The lowest BCUT2D eigenvalue weighted by Gasteiger charge is -2.09. The quantitative estimate of drug-likeness (QED) is 0.491. The zero-order chi connectivity index (χ0) is 20.4. The number of benzene rings is 2. The van der Waals surface area contributed by atoms with E-state index in [9.17, 15) is 8.42 Å². The van der Waals surface area contributed by atoms with E-state index in [1.165, 1.54) is 12.4 Å². The Hall–Kier alpha value is -3.45. The van der Waals surface area contributed by atoms with Gasteiger partial charge in [-0.25, -0.2) is 8.42 Å². The molecule has 29 heavy (non-hydrogen) atoms. The van der Waals surface area contributed by atoms with E-state index in [4.69, 9.17) is 9.47 Å². The van der Waals surface area contributed by atoms with Crippen molar-refractivity contribution in [1.82, 2.24) is 9.97 Å². The van der Waals surface area contributed by atoms with Crippen LogP contribution in [0.2, 0.25) is 0 Å². The fourth-order valence-corrected chi connectivity index (χ4v) is 4.87. The van der Waals surface area contributed by atoms with Crippen molar-refractivity contribution in [2.24, 2.45) is 0 Å². The van der Waals surface area contributed by atoms with Gasteiger partial charge in [-0.3, -0.25) is 0 Å². The first-order chi connectivity index (χ1) is 14.0. The van der Waals surface area contributed by atoms with Gasteiger partial charge in [0.05, 0.1) is 24.0 Å². The van der Waals surface area contributed by atoms with E-state index in [1.807, 2.05) is 24.3 Å². The first kappa shape index (κ1) is 18.9. The summed E-state index contributed by atoms with van der Waals surface area (Å²) < 4.78 is 37.4. The lowest BCUT2D eigenvalue weighted by molar-refractivity contribution is 0.415. The third-order valence-electron chi connectivity index (χ3n) is 4.80. The molecule has 0 aliphatic heterocycles. The van der Waals surface area contributed by atoms with Crippen molar-refractivity contribution in [3.63, 3.8) is 0 Å². The fourth-order valence-electron chi connectivity index (χ4n) is 3.25. The SMILES string of the molecule is COc1ccc(-c2c[nH]cc2S(=O)(=O)c2c[nH]cc2-c2ccc(OC)cc2)cc1. The Kier molecular flexibility index (Phi) is 4.90. The van der Waals surface area contributed by atoms with Gasteiger partial charge in [0.1, 0.15) is 11.5 Å². The average molecular weight is 408 g/mol. The summed E-state index contributed by atoms with van der Waals surface area (Å²) in [4.78, 5) is 6.30. The van der Waals surface area contributed by atoms with Gasteiger partial charge in [-0.1, -0.05) is 24.3 Å². The molecule has 2 heterocycles. The molecule has 148 valence electrons. The van der Waals surface area contributed by atoms with Gasteiger partial charge >= 0.3 is 0 Å². The van der Waals surface area contributed by atoms with Crippen molar-refractivity contribution in [2.45, 2.75) is 9.79 Å². The summed E-state index contributed by atoms with van der Waals surface area (Å²) >= 11 is 0. The first-order valence-electron chi connectivity index (χ1n) is 8.92. The largest absolute Gasteiger partial charge is 0.497 e. The maximum Gasteiger partial charge on any atom is 0.210 e. The Bertz CT molecular complexity index is 1130. The third-order valence-corrected chi connectivity index (χ3v) is 6.63. The summed E-state index contributed by atoms with van der Waals surface area (Å²) in [7, 11) is -0.584. The topological polar surface area (TPSA) is 84.2 Å². The number of sulfone groups is 1. The second kappa shape index (κ2) is 7.52. The zero-order valence-electron chi connectivity index (χ0n) is 16.0. The van der Waals surface area contributed by atoms with Crippen LogP contribution in [0.1, 0.15) is 0 Å². The van der Waals surface area contributed by atoms with E-state index in [0.717, 1.165) is 11.1 Å². The molecular weight excluding hydrogens is 388 g/mol. The number of aromatic amines is 2. The molecule has 2 N–H and O–H groups in total. The number of methoxy groups -OCH3 is 2. The van der Waals surface area contributed by atoms with E-state index in [-0.39, 0.29) is 9.79 Å². The Labute approximate surface area is 169 Å². The van der Waals surface area contributed by atoms with E-state index in [0.29, 0.717) is 22.6 Å². The predicted octanol–water partition coefficient (Wildman–Crippen LogP) is 4.53. The van der Waals surface area contributed by atoms with Gasteiger partial charge in [-0.05, 0) is 35.4 Å². The summed E-state index contributed by atoms with van der Waals surface area (Å²) in [6.07, 6.45) is 6.40. The molecule has 7 heteroatoms. The molecule has 0 aliphatic rings. The summed E-state index contributed by atoms with van der Waals surface area (Å²) in [5.74, 6) is 1.42. The Morgan fingerprint density at radius 1 is 0.621 bits per heavy atom. The summed E-state index contributed by atoms with van der Waals surface area (Å²) in [5.41, 5.74) is 2.78. The number of nitrogens with one attached hydrogen (secondary N) is 2. The van der Waals surface area contributed by atoms with Crippen LogP contribution in [0.4, 0.5) is 0 Å². The molecule has 4 aromatic rings. The molecule has 0 saturated carbocycles. The summed E-state index contributed by atoms with van der Waals surface area (Å²) in [5, 5.41) is 0. The van der Waals surface area contributed by atoms with E-state index < -0.39 is 9.84 Å². The van der Waals surface area contributed by atoms with Gasteiger partial charge in [0.15, 0.2) is 0 Å². The van der Waals surface area contributed by atoms with Crippen LogP contribution in [0.25, 0.3) is 22.3 Å². The molecule has 0 spiro atoms. The lowest BCUT2D eigenvalue weighted by atomic mass is 10.1. The van der Waals surface area contributed by atoms with Crippen LogP contribution in [0.3, 0.4) is 0 Å². The average Bonchev–Trinajstić information content (AvgIpc) is 3.44. The summed E-state index contributed by atoms with van der Waals surface area (Å²) in [6.45, 7) is 0. The van der Waals surface area contributed by atoms with Gasteiger partial charge in [0.2, 0.25) is 9.84 Å². The van der Waals surface area contributed by atoms with Crippen LogP contribution in [0.5, 0.6) is 11.5 Å². The molecule has 0 radical (unpaired) electrons. The highest BCUT2D eigenvalue weighted by Gasteiger charge is 2.27. The van der Waals surface area contributed by atoms with Crippen molar-refractivity contribution < 1.29 is 17.9 Å². The molecule has 0 amide bonds. The standard InChI is InChI=1S/C22H20N2O4S/c1-27-17-7-3-15(4-8-17)19-11-23-13-21(19)29(25,26)22-14-24-12-20(22)16-5-9-18(28-2)10-6-16/h3-14,23-24H,1-2H3. The normalized spacial score (nSPS) is 11.4. The van der Waals surface area contributed by atoms with E-state index in [2.05, 4.69) is 9.97 Å². The van der Waals surface area contributed by atoms with Crippen molar-refractivity contribution in [2.75, 3.05) is 14.2 Å². The molecule has 4 rings (SSSR count). The molecule has 0 aliphatic carbocycles. The van der Waals surface area contributed by atoms with Gasteiger partial charge in [0.25, 0.3) is 0 Å². The smallest absolute Gasteiger partial charge is 0.210 e. The minimum absolute atomic E-state index is 0.219. The number of aromatic nitrogens is 2. The van der Waals surface area contributed by atoms with Crippen LogP contribution in [-0.4, -0.2) is 32.6 Å². The Morgan fingerprint density at radius 3 is 1.34 bits per heavy atom. The second-order valence-electron chi connectivity index (χ2n) is 6.43. The monoisotopic (exact) mass is 408 g/mol. The van der Waals surface area contributed by atoms with Crippen LogP contribution < -0.4 is 9.47 Å². The molecule has 0 saturated heterocycles. The minimum atomic E-state index is -3.77. The van der Waals surface area contributed by atoms with Crippen LogP contribution >= 0.6 is 0 Å². The molecule has 0 unspecified atom stereocenters. The van der Waals surface area contributed by atoms with Crippen molar-refractivity contribution >= 4 is 9.84 Å². The Morgan fingerprint density at radius 2 is 1.00 bits per heavy atom. The van der Waals surface area contributed by atoms with Gasteiger partial charge < -0.3 is 19.4 Å². The number of hydrogen-bond donors (Lipinski definition) is 2. The number of rotatable bonds is 6. The molecule has 0 bridgehead atoms. The number of hydrogen-bond acceptors (Lipinski definition) is 4. The minimum Gasteiger partial charge on any atom is -0.497 e. The molecule has 6 nitrogen and oxygen atoms in total. The van der Waals surface area contributed by atoms with E-state index in [1.54, 1.807) is 50.9 Å². The van der Waals surface area contributed by atoms with Gasteiger partial charge in [0, 0.05) is 35.9 Å². The maximum atomic E-state index is 13.5.